The fraction of sp³-hybridized carbons (Fsp3) is 0.250. The molecule has 4 rings (SSSR count). The molecule has 4 aromatic rings. The van der Waals surface area contributed by atoms with Crippen molar-refractivity contribution < 1.29 is 14.3 Å². The van der Waals surface area contributed by atoms with Gasteiger partial charge in [0.1, 0.15) is 0 Å². The molecule has 0 aliphatic heterocycles. The molecule has 0 saturated heterocycles. The van der Waals surface area contributed by atoms with Crippen LogP contribution in [0.3, 0.4) is 0 Å². The summed E-state index contributed by atoms with van der Waals surface area (Å²) < 4.78 is 14.3. The molecule has 1 amide bonds. The molecule has 2 aromatic heterocycles. The van der Waals surface area contributed by atoms with Gasteiger partial charge in [0.2, 0.25) is 0 Å². The van der Waals surface area contributed by atoms with E-state index in [1.54, 1.807) is 41.3 Å². The molecule has 2 aromatic carbocycles. The van der Waals surface area contributed by atoms with Crippen LogP contribution in [0.1, 0.15) is 24.2 Å². The van der Waals surface area contributed by atoms with Crippen LogP contribution in [0.15, 0.2) is 34.7 Å². The summed E-state index contributed by atoms with van der Waals surface area (Å²) in [6.45, 7) is 4.82. The summed E-state index contributed by atoms with van der Waals surface area (Å²) in [6.07, 6.45) is 2.01. The van der Waals surface area contributed by atoms with Crippen molar-refractivity contribution in [1.82, 2.24) is 9.97 Å². The Hall–Kier alpha value is -2.36. The Kier molecular flexibility index (Phi) is 5.89. The van der Waals surface area contributed by atoms with Gasteiger partial charge < -0.3 is 9.47 Å². The van der Waals surface area contributed by atoms with Crippen molar-refractivity contribution in [2.75, 3.05) is 24.8 Å². The molecule has 0 aliphatic carbocycles. The normalized spacial score (nSPS) is 11.1. The highest BCUT2D eigenvalue weighted by atomic mass is 32.2. The molecule has 6 nitrogen and oxygen atoms in total. The largest absolute Gasteiger partial charge is 0.490 e. The van der Waals surface area contributed by atoms with E-state index < -0.39 is 0 Å². The number of hydrogen-bond donors (Lipinski definition) is 1. The first kappa shape index (κ1) is 19.9. The summed E-state index contributed by atoms with van der Waals surface area (Å²) in [5.74, 6) is 0.948. The van der Waals surface area contributed by atoms with Crippen LogP contribution < -0.4 is 14.8 Å². The van der Waals surface area contributed by atoms with Gasteiger partial charge in [0.15, 0.2) is 21.0 Å². The van der Waals surface area contributed by atoms with Crippen molar-refractivity contribution in [2.45, 2.75) is 18.2 Å². The molecule has 0 atom stereocenters. The number of nitrogens with zero attached hydrogens (tertiary/aromatic N) is 2. The van der Waals surface area contributed by atoms with E-state index >= 15 is 0 Å². The van der Waals surface area contributed by atoms with Crippen LogP contribution in [0.4, 0.5) is 5.13 Å². The number of benzene rings is 2. The number of amides is 1. The van der Waals surface area contributed by atoms with Crippen LogP contribution in [0, 0.1) is 0 Å². The highest BCUT2D eigenvalue weighted by Crippen LogP contribution is 2.38. The number of fused-ring (bicyclic) bond motifs is 3. The lowest BCUT2D eigenvalue weighted by molar-refractivity contribution is 0.102. The Balaban J connectivity index is 1.62. The summed E-state index contributed by atoms with van der Waals surface area (Å²) in [7, 11) is 0. The van der Waals surface area contributed by atoms with E-state index in [9.17, 15) is 4.79 Å². The number of thiazole rings is 2. The lowest BCUT2D eigenvalue weighted by atomic mass is 10.2. The van der Waals surface area contributed by atoms with Gasteiger partial charge in [0, 0.05) is 5.56 Å². The van der Waals surface area contributed by atoms with E-state index in [2.05, 4.69) is 15.3 Å². The zero-order valence-electron chi connectivity index (χ0n) is 16.1. The Morgan fingerprint density at radius 3 is 2.41 bits per heavy atom. The number of aromatic nitrogens is 2. The number of carbonyl (C=O) groups excluding carboxylic acids is 1. The molecule has 0 unspecified atom stereocenters. The van der Waals surface area contributed by atoms with E-state index in [1.807, 2.05) is 32.2 Å². The van der Waals surface area contributed by atoms with Gasteiger partial charge in [-0.1, -0.05) is 23.1 Å². The summed E-state index contributed by atoms with van der Waals surface area (Å²) >= 11 is 4.74. The minimum Gasteiger partial charge on any atom is -0.490 e. The molecule has 150 valence electrons. The van der Waals surface area contributed by atoms with Gasteiger partial charge in [0.25, 0.3) is 5.91 Å². The lowest BCUT2D eigenvalue weighted by Gasteiger charge is -2.12. The third kappa shape index (κ3) is 4.03. The first-order valence-corrected chi connectivity index (χ1v) is 11.9. The number of carbonyl (C=O) groups is 1. The molecular formula is C20H19N3O3S3. The second kappa shape index (κ2) is 8.56. The van der Waals surface area contributed by atoms with Crippen molar-refractivity contribution in [3.05, 3.63) is 35.9 Å². The van der Waals surface area contributed by atoms with Gasteiger partial charge in [-0.3, -0.25) is 10.1 Å². The first-order chi connectivity index (χ1) is 14.1. The molecule has 29 heavy (non-hydrogen) atoms. The van der Waals surface area contributed by atoms with Crippen molar-refractivity contribution in [3.63, 3.8) is 0 Å². The Bertz CT molecular complexity index is 1190. The van der Waals surface area contributed by atoms with E-state index in [-0.39, 0.29) is 5.91 Å². The minimum atomic E-state index is -0.238. The van der Waals surface area contributed by atoms with E-state index in [4.69, 9.17) is 9.47 Å². The number of thioether (sulfide) groups is 1. The van der Waals surface area contributed by atoms with Crippen LogP contribution >= 0.6 is 34.4 Å². The smallest absolute Gasteiger partial charge is 0.257 e. The highest BCUT2D eigenvalue weighted by Gasteiger charge is 2.16. The summed E-state index contributed by atoms with van der Waals surface area (Å²) in [5, 5.41) is 3.46. The fourth-order valence-corrected chi connectivity index (χ4v) is 5.51. The molecule has 0 radical (unpaired) electrons. The maximum absolute atomic E-state index is 12.8. The SMILES string of the molecule is CCOc1ccc(C(=O)Nc2nc3ccc4nc(SC)sc4c3s2)cc1OCC. The van der Waals surface area contributed by atoms with Crippen LogP contribution in [0.25, 0.3) is 20.4 Å². The molecule has 0 saturated carbocycles. The van der Waals surface area contributed by atoms with Crippen LogP contribution in [-0.2, 0) is 0 Å². The van der Waals surface area contributed by atoms with Crippen molar-refractivity contribution >= 4 is 65.9 Å². The third-order valence-corrected chi connectivity index (χ3v) is 7.30. The molecule has 9 heteroatoms. The fourth-order valence-electron chi connectivity index (χ4n) is 2.86. The monoisotopic (exact) mass is 445 g/mol. The zero-order chi connectivity index (χ0) is 20.4. The van der Waals surface area contributed by atoms with Crippen LogP contribution in [0.2, 0.25) is 0 Å². The number of rotatable bonds is 7. The summed E-state index contributed by atoms with van der Waals surface area (Å²) in [6, 6.07) is 9.09. The van der Waals surface area contributed by atoms with Gasteiger partial charge >= 0.3 is 0 Å². The van der Waals surface area contributed by atoms with Gasteiger partial charge in [-0.25, -0.2) is 9.97 Å². The van der Waals surface area contributed by atoms with E-state index in [0.29, 0.717) is 35.4 Å². The second-order valence-electron chi connectivity index (χ2n) is 5.95. The molecule has 0 aliphatic rings. The Labute approximate surface area is 180 Å². The quantitative estimate of drug-likeness (QED) is 0.369. The number of anilines is 1. The van der Waals surface area contributed by atoms with Crippen molar-refractivity contribution in [3.8, 4) is 11.5 Å². The van der Waals surface area contributed by atoms with E-state index in [1.165, 1.54) is 11.3 Å². The predicted octanol–water partition coefficient (Wildman–Crippen LogP) is 5.68. The summed E-state index contributed by atoms with van der Waals surface area (Å²) in [5.41, 5.74) is 2.31. The molecule has 0 fully saturated rings. The van der Waals surface area contributed by atoms with Crippen molar-refractivity contribution in [2.24, 2.45) is 0 Å². The standard InChI is InChI=1S/C20H19N3O3S3/c1-4-25-14-9-6-11(10-15(14)26-5-2)18(24)23-19-21-12-7-8-13-17(16(12)28-19)29-20(22-13)27-3/h6-10H,4-5H2,1-3H3,(H,21,23,24). The molecule has 0 spiro atoms. The van der Waals surface area contributed by atoms with Gasteiger partial charge in [-0.05, 0) is 50.4 Å². The molecule has 2 heterocycles. The van der Waals surface area contributed by atoms with Gasteiger partial charge in [-0.15, -0.1) is 11.3 Å². The Morgan fingerprint density at radius 1 is 1.00 bits per heavy atom. The third-order valence-electron chi connectivity index (χ3n) is 4.09. The van der Waals surface area contributed by atoms with Gasteiger partial charge in [0.05, 0.1) is 33.6 Å². The number of nitrogens with one attached hydrogen (secondary N) is 1. The van der Waals surface area contributed by atoms with Crippen LogP contribution in [0.5, 0.6) is 11.5 Å². The molecule has 1 N–H and O–H groups in total. The average Bonchev–Trinajstić information content (AvgIpc) is 3.32. The molecule has 0 bridgehead atoms. The average molecular weight is 446 g/mol. The van der Waals surface area contributed by atoms with Gasteiger partial charge in [-0.2, -0.15) is 0 Å². The molecular weight excluding hydrogens is 426 g/mol. The number of hydrogen-bond acceptors (Lipinski definition) is 8. The maximum atomic E-state index is 12.8. The zero-order valence-corrected chi connectivity index (χ0v) is 18.6. The topological polar surface area (TPSA) is 73.3 Å². The lowest BCUT2D eigenvalue weighted by Crippen LogP contribution is -2.12. The second-order valence-corrected chi connectivity index (χ2v) is 9.00. The van der Waals surface area contributed by atoms with Crippen molar-refractivity contribution in [1.29, 1.82) is 0 Å². The maximum Gasteiger partial charge on any atom is 0.257 e. The predicted molar refractivity (Wildman–Crippen MR) is 121 cm³/mol. The minimum absolute atomic E-state index is 0.238. The highest BCUT2D eigenvalue weighted by molar-refractivity contribution is 8.00. The first-order valence-electron chi connectivity index (χ1n) is 9.08. The van der Waals surface area contributed by atoms with E-state index in [0.717, 1.165) is 24.8 Å². The summed E-state index contributed by atoms with van der Waals surface area (Å²) in [4.78, 5) is 21.9. The van der Waals surface area contributed by atoms with Crippen LogP contribution in [-0.4, -0.2) is 35.3 Å². The Morgan fingerprint density at radius 2 is 1.69 bits per heavy atom. The number of ether oxygens (including phenoxy) is 2.